The Labute approximate surface area is 114 Å². The highest BCUT2D eigenvalue weighted by Crippen LogP contribution is 2.27. The fourth-order valence-corrected chi connectivity index (χ4v) is 3.11. The number of rotatable bonds is 2. The van der Waals surface area contributed by atoms with E-state index in [1.807, 2.05) is 0 Å². The van der Waals surface area contributed by atoms with E-state index in [1.54, 1.807) is 0 Å². The first kappa shape index (κ1) is 12.7. The van der Waals surface area contributed by atoms with Crippen molar-refractivity contribution in [2.45, 2.75) is 51.4 Å². The van der Waals surface area contributed by atoms with Crippen LogP contribution in [-0.2, 0) is 12.8 Å². The average molecular weight is 261 g/mol. The third-order valence-electron chi connectivity index (χ3n) is 4.20. The van der Waals surface area contributed by atoms with Gasteiger partial charge in [0.1, 0.15) is 5.82 Å². The minimum absolute atomic E-state index is 0.837. The second-order valence-corrected chi connectivity index (χ2v) is 5.55. The average Bonchev–Trinajstić information content (AvgIpc) is 2.75. The quantitative estimate of drug-likeness (QED) is 0.630. The van der Waals surface area contributed by atoms with Crippen LogP contribution in [0.3, 0.4) is 0 Å². The topological polar surface area (TPSA) is 67.1 Å². The first-order chi connectivity index (χ1) is 9.38. The van der Waals surface area contributed by atoms with Gasteiger partial charge in [-0.25, -0.2) is 10.8 Å². The highest BCUT2D eigenvalue weighted by Gasteiger charge is 2.20. The van der Waals surface area contributed by atoms with Gasteiger partial charge in [-0.15, -0.1) is 0 Å². The van der Waals surface area contributed by atoms with Crippen LogP contribution in [-0.4, -0.2) is 23.1 Å². The van der Waals surface area contributed by atoms with Crippen LogP contribution in [0.2, 0.25) is 0 Å². The smallest absolute Gasteiger partial charge is 0.227 e. The molecule has 0 spiro atoms. The van der Waals surface area contributed by atoms with Crippen LogP contribution in [0.5, 0.6) is 0 Å². The van der Waals surface area contributed by atoms with Gasteiger partial charge < -0.3 is 10.3 Å². The molecule has 3 rings (SSSR count). The molecule has 5 nitrogen and oxygen atoms in total. The van der Waals surface area contributed by atoms with Gasteiger partial charge in [-0.2, -0.15) is 4.98 Å². The molecule has 0 radical (unpaired) electrons. The van der Waals surface area contributed by atoms with E-state index in [-0.39, 0.29) is 0 Å². The molecule has 2 aliphatic rings. The molecule has 1 aromatic heterocycles. The maximum absolute atomic E-state index is 5.64. The minimum Gasteiger partial charge on any atom is -0.341 e. The first-order valence-corrected chi connectivity index (χ1v) is 7.50. The second-order valence-electron chi connectivity index (χ2n) is 5.55. The van der Waals surface area contributed by atoms with E-state index in [2.05, 4.69) is 15.3 Å². The summed E-state index contributed by atoms with van der Waals surface area (Å²) in [5, 5.41) is 0. The summed E-state index contributed by atoms with van der Waals surface area (Å²) in [6, 6.07) is 0. The van der Waals surface area contributed by atoms with Crippen molar-refractivity contribution in [2.24, 2.45) is 5.84 Å². The molecule has 19 heavy (non-hydrogen) atoms. The second kappa shape index (κ2) is 5.74. The molecule has 1 aromatic rings. The molecular formula is C14H23N5. The molecule has 0 bridgehead atoms. The zero-order chi connectivity index (χ0) is 13.1. The highest BCUT2D eigenvalue weighted by atomic mass is 15.3. The van der Waals surface area contributed by atoms with Gasteiger partial charge >= 0.3 is 0 Å². The molecule has 0 unspecified atom stereocenters. The largest absolute Gasteiger partial charge is 0.341 e. The summed E-state index contributed by atoms with van der Waals surface area (Å²) in [5.74, 6) is 7.35. The van der Waals surface area contributed by atoms with Gasteiger partial charge in [0.2, 0.25) is 5.95 Å². The molecule has 1 fully saturated rings. The maximum Gasteiger partial charge on any atom is 0.227 e. The van der Waals surface area contributed by atoms with E-state index in [4.69, 9.17) is 10.8 Å². The predicted molar refractivity (Wildman–Crippen MR) is 77.2 cm³/mol. The van der Waals surface area contributed by atoms with Crippen molar-refractivity contribution in [1.29, 1.82) is 0 Å². The molecule has 0 atom stereocenters. The minimum atomic E-state index is 0.837. The van der Waals surface area contributed by atoms with Crippen molar-refractivity contribution in [1.82, 2.24) is 9.97 Å². The highest BCUT2D eigenvalue weighted by molar-refractivity contribution is 5.51. The zero-order valence-corrected chi connectivity index (χ0v) is 11.5. The number of fused-ring (bicyclic) bond motifs is 1. The molecule has 0 aromatic carbocycles. The van der Waals surface area contributed by atoms with Crippen molar-refractivity contribution in [3.63, 3.8) is 0 Å². The lowest BCUT2D eigenvalue weighted by Crippen LogP contribution is -2.28. The molecule has 0 amide bonds. The number of nitrogen functional groups attached to an aromatic ring is 1. The van der Waals surface area contributed by atoms with E-state index in [0.717, 1.165) is 37.7 Å². The molecule has 1 aliphatic heterocycles. The van der Waals surface area contributed by atoms with Gasteiger partial charge in [-0.3, -0.25) is 0 Å². The number of hydrazine groups is 1. The number of nitrogens with zero attached hydrogens (tertiary/aromatic N) is 3. The van der Waals surface area contributed by atoms with Crippen LogP contribution in [0.15, 0.2) is 0 Å². The van der Waals surface area contributed by atoms with Gasteiger partial charge in [0.15, 0.2) is 0 Å². The van der Waals surface area contributed by atoms with E-state index in [0.29, 0.717) is 0 Å². The van der Waals surface area contributed by atoms with Crippen molar-refractivity contribution in [3.8, 4) is 0 Å². The molecule has 3 N–H and O–H groups in total. The van der Waals surface area contributed by atoms with Crippen LogP contribution >= 0.6 is 0 Å². The third-order valence-corrected chi connectivity index (χ3v) is 4.20. The summed E-state index contributed by atoms with van der Waals surface area (Å²) in [7, 11) is 0. The lowest BCUT2D eigenvalue weighted by molar-refractivity contribution is 0.656. The van der Waals surface area contributed by atoms with Gasteiger partial charge in [-0.1, -0.05) is 12.8 Å². The van der Waals surface area contributed by atoms with Gasteiger partial charge in [0.25, 0.3) is 0 Å². The molecule has 1 aliphatic carbocycles. The molecule has 104 valence electrons. The number of nitrogens with one attached hydrogen (secondary N) is 1. The van der Waals surface area contributed by atoms with E-state index < -0.39 is 0 Å². The Morgan fingerprint density at radius 2 is 1.63 bits per heavy atom. The number of hydrogen-bond donors (Lipinski definition) is 2. The Balaban J connectivity index is 1.92. The number of nitrogens with two attached hydrogens (primary N) is 1. The lowest BCUT2D eigenvalue weighted by Gasteiger charge is -2.24. The predicted octanol–water partition coefficient (Wildman–Crippen LogP) is 2.02. The van der Waals surface area contributed by atoms with Gasteiger partial charge in [0.05, 0.1) is 5.69 Å². The number of anilines is 2. The Bertz CT molecular complexity index is 420. The summed E-state index contributed by atoms with van der Waals surface area (Å²) < 4.78 is 0. The van der Waals surface area contributed by atoms with Crippen molar-refractivity contribution in [2.75, 3.05) is 23.4 Å². The van der Waals surface area contributed by atoms with Crippen LogP contribution in [0.25, 0.3) is 0 Å². The zero-order valence-electron chi connectivity index (χ0n) is 11.5. The molecular weight excluding hydrogens is 238 g/mol. The number of hydrogen-bond acceptors (Lipinski definition) is 5. The maximum atomic E-state index is 5.64. The summed E-state index contributed by atoms with van der Waals surface area (Å²) in [6.45, 7) is 2.14. The van der Waals surface area contributed by atoms with E-state index in [9.17, 15) is 0 Å². The Morgan fingerprint density at radius 1 is 0.895 bits per heavy atom. The number of aryl methyl sites for hydroxylation is 1. The monoisotopic (exact) mass is 261 g/mol. The Morgan fingerprint density at radius 3 is 2.37 bits per heavy atom. The standard InChI is InChI=1S/C14H23N5/c15-18-13-11-7-3-4-8-12(11)16-14(17-13)19-9-5-1-2-6-10-19/h1-10,15H2,(H,16,17,18). The van der Waals surface area contributed by atoms with Crippen molar-refractivity contribution in [3.05, 3.63) is 11.3 Å². The Kier molecular flexibility index (Phi) is 3.82. The van der Waals surface area contributed by atoms with Crippen LogP contribution < -0.4 is 16.2 Å². The summed E-state index contributed by atoms with van der Waals surface area (Å²) in [4.78, 5) is 11.8. The van der Waals surface area contributed by atoms with Crippen LogP contribution in [0, 0.1) is 0 Å². The van der Waals surface area contributed by atoms with Crippen LogP contribution in [0.4, 0.5) is 11.8 Å². The fraction of sp³-hybridized carbons (Fsp3) is 0.714. The molecule has 5 heteroatoms. The molecule has 1 saturated heterocycles. The van der Waals surface area contributed by atoms with Crippen molar-refractivity contribution >= 4 is 11.8 Å². The molecule has 2 heterocycles. The van der Waals surface area contributed by atoms with E-state index >= 15 is 0 Å². The van der Waals surface area contributed by atoms with Crippen molar-refractivity contribution < 1.29 is 0 Å². The molecule has 0 saturated carbocycles. The van der Waals surface area contributed by atoms with Crippen LogP contribution in [0.1, 0.15) is 49.8 Å². The number of aromatic nitrogens is 2. The summed E-state index contributed by atoms with van der Waals surface area (Å²) >= 11 is 0. The summed E-state index contributed by atoms with van der Waals surface area (Å²) in [6.07, 6.45) is 9.69. The van der Waals surface area contributed by atoms with Gasteiger partial charge in [-0.05, 0) is 38.5 Å². The van der Waals surface area contributed by atoms with E-state index in [1.165, 1.54) is 49.8 Å². The fourth-order valence-electron chi connectivity index (χ4n) is 3.11. The third kappa shape index (κ3) is 2.66. The normalized spacial score (nSPS) is 19.7. The SMILES string of the molecule is NNc1nc(N2CCCCCC2)nc2c1CCCC2. The van der Waals surface area contributed by atoms with Gasteiger partial charge in [0, 0.05) is 18.7 Å². The lowest BCUT2D eigenvalue weighted by atomic mass is 9.96. The summed E-state index contributed by atoms with van der Waals surface area (Å²) in [5.41, 5.74) is 5.20. The Hall–Kier alpha value is -1.36. The first-order valence-electron chi connectivity index (χ1n) is 7.50.